The first-order valence-electron chi connectivity index (χ1n) is 9.77. The van der Waals surface area contributed by atoms with Crippen molar-refractivity contribution in [2.24, 2.45) is 5.92 Å². The topological polar surface area (TPSA) is 45.7 Å². The van der Waals surface area contributed by atoms with Crippen LogP contribution in [0.1, 0.15) is 39.8 Å². The fourth-order valence-electron chi connectivity index (χ4n) is 5.43. The van der Waals surface area contributed by atoms with Gasteiger partial charge >= 0.3 is 0 Å². The van der Waals surface area contributed by atoms with Crippen LogP contribution >= 0.6 is 11.3 Å². The third-order valence-electron chi connectivity index (χ3n) is 6.62. The van der Waals surface area contributed by atoms with Crippen molar-refractivity contribution in [1.29, 1.82) is 0 Å². The van der Waals surface area contributed by atoms with Crippen LogP contribution in [-0.4, -0.2) is 59.5 Å². The molecule has 4 fully saturated rings. The predicted molar refractivity (Wildman–Crippen MR) is 105 cm³/mol. The summed E-state index contributed by atoms with van der Waals surface area (Å²) in [6.45, 7) is 5.04. The van der Waals surface area contributed by atoms with Gasteiger partial charge in [0.15, 0.2) is 0 Å². The lowest BCUT2D eigenvalue weighted by Crippen LogP contribution is -2.60. The van der Waals surface area contributed by atoms with E-state index >= 15 is 0 Å². The van der Waals surface area contributed by atoms with E-state index in [1.165, 1.54) is 18.4 Å². The summed E-state index contributed by atoms with van der Waals surface area (Å²) in [5.74, 6) is 1.93. The molecule has 4 aliphatic heterocycles. The number of aryl methyl sites for hydroxylation is 1. The highest BCUT2D eigenvalue weighted by Crippen LogP contribution is 2.47. The van der Waals surface area contributed by atoms with E-state index in [9.17, 15) is 4.79 Å². The standard InChI is InChI=1S/C21H25N3O2S/c1-13-22-18(12-27-13)21(25)24-11-17(15-4-3-5-16(10-15)26-2)20-19(24)14-6-8-23(20)9-7-14/h3-5,10,12,14,17,19-20H,6-9,11H2,1-2H3/t17-,19+,20+/m0/s1. The molecular formula is C21H25N3O2S. The largest absolute Gasteiger partial charge is 0.497 e. The minimum absolute atomic E-state index is 0.105. The molecular weight excluding hydrogens is 358 g/mol. The Morgan fingerprint density at radius 3 is 2.78 bits per heavy atom. The van der Waals surface area contributed by atoms with Crippen LogP contribution in [0.4, 0.5) is 0 Å². The smallest absolute Gasteiger partial charge is 0.273 e. The van der Waals surface area contributed by atoms with E-state index in [2.05, 4.69) is 33.0 Å². The number of methoxy groups -OCH3 is 1. The third kappa shape index (κ3) is 2.77. The number of rotatable bonds is 3. The molecule has 142 valence electrons. The zero-order valence-corrected chi connectivity index (χ0v) is 16.6. The summed E-state index contributed by atoms with van der Waals surface area (Å²) >= 11 is 1.55. The van der Waals surface area contributed by atoms with Gasteiger partial charge in [0, 0.05) is 23.9 Å². The number of nitrogens with zero attached hydrogens (tertiary/aromatic N) is 3. The molecule has 27 heavy (non-hydrogen) atoms. The molecule has 4 saturated heterocycles. The van der Waals surface area contributed by atoms with Crippen molar-refractivity contribution < 1.29 is 9.53 Å². The number of hydrogen-bond donors (Lipinski definition) is 0. The Kier molecular flexibility index (Phi) is 4.20. The van der Waals surface area contributed by atoms with Crippen molar-refractivity contribution >= 4 is 17.2 Å². The number of likely N-dealkylation sites (tertiary alicyclic amines) is 1. The second kappa shape index (κ2) is 6.60. The normalized spacial score (nSPS) is 31.8. The molecule has 0 saturated carbocycles. The Hall–Kier alpha value is -1.92. The number of carbonyl (C=O) groups excluding carboxylic acids is 1. The van der Waals surface area contributed by atoms with Gasteiger partial charge in [0.1, 0.15) is 11.4 Å². The molecule has 0 spiro atoms. The van der Waals surface area contributed by atoms with E-state index in [0.717, 1.165) is 30.4 Å². The third-order valence-corrected chi connectivity index (χ3v) is 7.39. The monoisotopic (exact) mass is 383 g/mol. The van der Waals surface area contributed by atoms with Crippen LogP contribution in [0.25, 0.3) is 0 Å². The molecule has 0 unspecified atom stereocenters. The van der Waals surface area contributed by atoms with Crippen LogP contribution in [-0.2, 0) is 0 Å². The van der Waals surface area contributed by atoms with Crippen LogP contribution in [0.3, 0.4) is 0 Å². The van der Waals surface area contributed by atoms with E-state index in [4.69, 9.17) is 4.74 Å². The Labute approximate surface area is 164 Å². The maximum atomic E-state index is 13.3. The van der Waals surface area contributed by atoms with Crippen LogP contribution in [0.5, 0.6) is 5.75 Å². The summed E-state index contributed by atoms with van der Waals surface area (Å²) < 4.78 is 5.46. The highest BCUT2D eigenvalue weighted by molar-refractivity contribution is 7.09. The first kappa shape index (κ1) is 17.2. The minimum atomic E-state index is 0.105. The number of fused-ring (bicyclic) bond motifs is 2. The average Bonchev–Trinajstić information content (AvgIpc) is 3.34. The molecule has 2 aromatic rings. The zero-order valence-electron chi connectivity index (χ0n) is 15.8. The predicted octanol–water partition coefficient (Wildman–Crippen LogP) is 3.16. The molecule has 0 aliphatic carbocycles. The number of ether oxygens (including phenoxy) is 1. The first-order valence-corrected chi connectivity index (χ1v) is 10.6. The quantitative estimate of drug-likeness (QED) is 0.817. The minimum Gasteiger partial charge on any atom is -0.497 e. The van der Waals surface area contributed by atoms with Gasteiger partial charge in [0.05, 0.1) is 18.2 Å². The number of carbonyl (C=O) groups is 1. The van der Waals surface area contributed by atoms with Gasteiger partial charge in [-0.15, -0.1) is 11.3 Å². The SMILES string of the molecule is COc1cccc([C@@H]2CN(C(=O)c3csc(C)n3)[C@@H]3C4CCN(CC4)[C@@H]32)c1. The Bertz CT molecular complexity index is 859. The highest BCUT2D eigenvalue weighted by Gasteiger charge is 2.54. The van der Waals surface area contributed by atoms with Crippen molar-refractivity contribution in [3.8, 4) is 5.75 Å². The molecule has 0 radical (unpaired) electrons. The van der Waals surface area contributed by atoms with Crippen LogP contribution in [0.2, 0.25) is 0 Å². The Balaban J connectivity index is 1.52. The lowest BCUT2D eigenvalue weighted by Gasteiger charge is -2.51. The van der Waals surface area contributed by atoms with Crippen LogP contribution in [0.15, 0.2) is 29.6 Å². The zero-order chi connectivity index (χ0) is 18.5. The van der Waals surface area contributed by atoms with Crippen molar-refractivity contribution in [3.05, 3.63) is 45.9 Å². The summed E-state index contributed by atoms with van der Waals surface area (Å²) in [6.07, 6.45) is 2.40. The Morgan fingerprint density at radius 2 is 2.07 bits per heavy atom. The summed E-state index contributed by atoms with van der Waals surface area (Å²) in [5, 5.41) is 2.86. The van der Waals surface area contributed by atoms with Gasteiger partial charge in [-0.3, -0.25) is 9.69 Å². The maximum Gasteiger partial charge on any atom is 0.273 e. The molecule has 4 aliphatic rings. The molecule has 1 aromatic carbocycles. The summed E-state index contributed by atoms with van der Waals surface area (Å²) in [7, 11) is 1.71. The molecule has 6 heteroatoms. The molecule has 1 amide bonds. The van der Waals surface area contributed by atoms with Gasteiger partial charge in [0.2, 0.25) is 0 Å². The Morgan fingerprint density at radius 1 is 1.26 bits per heavy atom. The van der Waals surface area contributed by atoms with Gasteiger partial charge in [-0.25, -0.2) is 4.98 Å². The van der Waals surface area contributed by atoms with Gasteiger partial charge in [-0.2, -0.15) is 0 Å². The molecule has 6 rings (SSSR count). The summed E-state index contributed by atoms with van der Waals surface area (Å²) in [6, 6.07) is 9.10. The summed E-state index contributed by atoms with van der Waals surface area (Å²) in [5.41, 5.74) is 1.89. The van der Waals surface area contributed by atoms with Gasteiger partial charge in [-0.1, -0.05) is 12.1 Å². The van der Waals surface area contributed by atoms with Crippen LogP contribution in [0, 0.1) is 12.8 Å². The van der Waals surface area contributed by atoms with Gasteiger partial charge in [-0.05, 0) is 56.5 Å². The van der Waals surface area contributed by atoms with Crippen LogP contribution < -0.4 is 4.74 Å². The lowest BCUT2D eigenvalue weighted by molar-refractivity contribution is -0.00357. The molecule has 3 atom stereocenters. The molecule has 5 nitrogen and oxygen atoms in total. The number of benzene rings is 1. The van der Waals surface area contributed by atoms with E-state index in [-0.39, 0.29) is 5.91 Å². The second-order valence-corrected chi connectivity index (χ2v) is 9.01. The van der Waals surface area contributed by atoms with Crippen molar-refractivity contribution in [2.75, 3.05) is 26.7 Å². The van der Waals surface area contributed by atoms with Gasteiger partial charge in [0.25, 0.3) is 5.91 Å². The lowest BCUT2D eigenvalue weighted by atomic mass is 9.75. The second-order valence-electron chi connectivity index (χ2n) is 7.95. The van der Waals surface area contributed by atoms with Gasteiger partial charge < -0.3 is 9.64 Å². The molecule has 2 bridgehead atoms. The fraction of sp³-hybridized carbons (Fsp3) is 0.524. The van der Waals surface area contributed by atoms with E-state index in [0.29, 0.717) is 29.6 Å². The fourth-order valence-corrected chi connectivity index (χ4v) is 6.02. The molecule has 5 heterocycles. The number of piperidine rings is 3. The van der Waals surface area contributed by atoms with E-state index in [1.807, 2.05) is 18.4 Å². The number of amides is 1. The maximum absolute atomic E-state index is 13.3. The van der Waals surface area contributed by atoms with E-state index in [1.54, 1.807) is 18.4 Å². The summed E-state index contributed by atoms with van der Waals surface area (Å²) in [4.78, 5) is 22.5. The highest BCUT2D eigenvalue weighted by atomic mass is 32.1. The number of aromatic nitrogens is 1. The first-order chi connectivity index (χ1) is 13.2. The average molecular weight is 384 g/mol. The number of hydrogen-bond acceptors (Lipinski definition) is 5. The van der Waals surface area contributed by atoms with Crippen molar-refractivity contribution in [1.82, 2.24) is 14.8 Å². The van der Waals surface area contributed by atoms with Crippen molar-refractivity contribution in [2.45, 2.75) is 37.8 Å². The molecule has 0 N–H and O–H groups in total. The van der Waals surface area contributed by atoms with Crippen molar-refractivity contribution in [3.63, 3.8) is 0 Å². The molecule has 1 aromatic heterocycles. The number of thiazole rings is 1. The van der Waals surface area contributed by atoms with E-state index < -0.39 is 0 Å².